The number of aromatic nitrogens is 1. The normalized spacial score (nSPS) is 12.8. The van der Waals surface area contributed by atoms with Crippen LogP contribution in [-0.2, 0) is 16.1 Å². The van der Waals surface area contributed by atoms with Gasteiger partial charge in [0.1, 0.15) is 0 Å². The number of nitrogens with zero attached hydrogens (tertiary/aromatic N) is 2. The predicted molar refractivity (Wildman–Crippen MR) is 70.9 cm³/mol. The first-order valence-electron chi connectivity index (χ1n) is 6.21. The summed E-state index contributed by atoms with van der Waals surface area (Å²) in [7, 11) is 3.43. The van der Waals surface area contributed by atoms with Gasteiger partial charge < -0.3 is 4.74 Å². The minimum atomic E-state index is -0.141. The van der Waals surface area contributed by atoms with Crippen LogP contribution in [0, 0.1) is 11.8 Å². The van der Waals surface area contributed by atoms with Gasteiger partial charge in [0.05, 0.1) is 18.7 Å². The van der Waals surface area contributed by atoms with E-state index in [4.69, 9.17) is 4.74 Å². The van der Waals surface area contributed by atoms with Gasteiger partial charge in [-0.15, -0.1) is 0 Å². The molecule has 0 spiro atoms. The van der Waals surface area contributed by atoms with E-state index in [-0.39, 0.29) is 17.8 Å². The quantitative estimate of drug-likeness (QED) is 0.724. The molecule has 1 heterocycles. The molecule has 18 heavy (non-hydrogen) atoms. The third kappa shape index (κ3) is 4.45. The second-order valence-electron chi connectivity index (χ2n) is 4.89. The molecule has 0 aliphatic carbocycles. The Bertz CT molecular complexity index is 365. The van der Waals surface area contributed by atoms with Crippen LogP contribution in [0.25, 0.3) is 0 Å². The second kappa shape index (κ2) is 7.11. The Morgan fingerprint density at radius 3 is 2.67 bits per heavy atom. The highest BCUT2D eigenvalue weighted by atomic mass is 16.5. The van der Waals surface area contributed by atoms with Crippen molar-refractivity contribution in [2.75, 3.05) is 20.7 Å². The summed E-state index contributed by atoms with van der Waals surface area (Å²) in [4.78, 5) is 18.1. The lowest BCUT2D eigenvalue weighted by atomic mass is 9.95. The van der Waals surface area contributed by atoms with Gasteiger partial charge in [0, 0.05) is 19.3 Å². The van der Waals surface area contributed by atoms with Crippen molar-refractivity contribution in [2.45, 2.75) is 20.4 Å². The van der Waals surface area contributed by atoms with Crippen LogP contribution in [0.4, 0.5) is 0 Å². The SMILES string of the molecule is COC(=O)C(CN(C)Cc1ccccn1)C(C)C. The minimum Gasteiger partial charge on any atom is -0.469 e. The second-order valence-corrected chi connectivity index (χ2v) is 4.89. The number of hydrogen-bond acceptors (Lipinski definition) is 4. The van der Waals surface area contributed by atoms with Crippen LogP contribution in [0.3, 0.4) is 0 Å². The molecule has 0 bridgehead atoms. The van der Waals surface area contributed by atoms with Gasteiger partial charge in [-0.25, -0.2) is 0 Å². The van der Waals surface area contributed by atoms with Gasteiger partial charge in [0.25, 0.3) is 0 Å². The molecule has 1 rings (SSSR count). The summed E-state index contributed by atoms with van der Waals surface area (Å²) >= 11 is 0. The summed E-state index contributed by atoms with van der Waals surface area (Å²) in [6.07, 6.45) is 1.78. The van der Waals surface area contributed by atoms with Crippen molar-refractivity contribution in [3.63, 3.8) is 0 Å². The summed E-state index contributed by atoms with van der Waals surface area (Å²) < 4.78 is 4.84. The molecule has 1 atom stereocenters. The number of methoxy groups -OCH3 is 1. The van der Waals surface area contributed by atoms with E-state index in [1.165, 1.54) is 7.11 Å². The summed E-state index contributed by atoms with van der Waals surface area (Å²) in [5.74, 6) is 0.0326. The molecule has 0 N–H and O–H groups in total. The Kier molecular flexibility index (Phi) is 5.78. The molecule has 0 radical (unpaired) electrons. The highest BCUT2D eigenvalue weighted by Gasteiger charge is 2.24. The van der Waals surface area contributed by atoms with Gasteiger partial charge in [-0.1, -0.05) is 19.9 Å². The highest BCUT2D eigenvalue weighted by Crippen LogP contribution is 2.14. The molecule has 0 aromatic carbocycles. The van der Waals surface area contributed by atoms with E-state index in [1.807, 2.05) is 39.1 Å². The number of pyridine rings is 1. The standard InChI is InChI=1S/C14H22N2O2/c1-11(2)13(14(17)18-4)10-16(3)9-12-7-5-6-8-15-12/h5-8,11,13H,9-10H2,1-4H3. The fourth-order valence-corrected chi connectivity index (χ4v) is 1.88. The molecule has 0 fully saturated rings. The van der Waals surface area contributed by atoms with Crippen LogP contribution in [-0.4, -0.2) is 36.6 Å². The highest BCUT2D eigenvalue weighted by molar-refractivity contribution is 5.72. The average molecular weight is 250 g/mol. The molecule has 0 aliphatic heterocycles. The molecule has 0 saturated carbocycles. The van der Waals surface area contributed by atoms with Crippen LogP contribution in [0.2, 0.25) is 0 Å². The van der Waals surface area contributed by atoms with Crippen LogP contribution in [0.5, 0.6) is 0 Å². The number of esters is 1. The van der Waals surface area contributed by atoms with Crippen molar-refractivity contribution >= 4 is 5.97 Å². The molecule has 1 unspecified atom stereocenters. The van der Waals surface area contributed by atoms with E-state index in [9.17, 15) is 4.79 Å². The van der Waals surface area contributed by atoms with Gasteiger partial charge in [-0.05, 0) is 25.1 Å². The number of ether oxygens (including phenoxy) is 1. The number of rotatable bonds is 6. The monoisotopic (exact) mass is 250 g/mol. The van der Waals surface area contributed by atoms with Crippen LogP contribution in [0.15, 0.2) is 24.4 Å². The maximum atomic E-state index is 11.7. The molecular weight excluding hydrogens is 228 g/mol. The minimum absolute atomic E-state index is 0.0938. The zero-order valence-electron chi connectivity index (χ0n) is 11.6. The Labute approximate surface area is 109 Å². The largest absolute Gasteiger partial charge is 0.469 e. The van der Waals surface area contributed by atoms with Gasteiger partial charge >= 0.3 is 5.97 Å². The summed E-state index contributed by atoms with van der Waals surface area (Å²) in [6.45, 7) is 5.49. The average Bonchev–Trinajstić information content (AvgIpc) is 2.36. The van der Waals surface area contributed by atoms with E-state index in [2.05, 4.69) is 9.88 Å². The van der Waals surface area contributed by atoms with Crippen molar-refractivity contribution in [3.05, 3.63) is 30.1 Å². The van der Waals surface area contributed by atoms with Gasteiger partial charge in [-0.2, -0.15) is 0 Å². The predicted octanol–water partition coefficient (Wildman–Crippen LogP) is 1.96. The van der Waals surface area contributed by atoms with Gasteiger partial charge in [0.15, 0.2) is 0 Å². The third-order valence-corrected chi connectivity index (χ3v) is 2.98. The van der Waals surface area contributed by atoms with Crippen molar-refractivity contribution in [2.24, 2.45) is 11.8 Å². The van der Waals surface area contributed by atoms with E-state index in [0.717, 1.165) is 12.2 Å². The van der Waals surface area contributed by atoms with E-state index in [0.29, 0.717) is 6.54 Å². The fourth-order valence-electron chi connectivity index (χ4n) is 1.88. The van der Waals surface area contributed by atoms with E-state index >= 15 is 0 Å². The topological polar surface area (TPSA) is 42.4 Å². The maximum Gasteiger partial charge on any atom is 0.310 e. The Balaban J connectivity index is 2.56. The molecule has 4 heteroatoms. The van der Waals surface area contributed by atoms with Crippen LogP contribution >= 0.6 is 0 Å². The molecule has 1 aromatic heterocycles. The lowest BCUT2D eigenvalue weighted by molar-refractivity contribution is -0.147. The summed E-state index contributed by atoms with van der Waals surface area (Å²) in [6, 6.07) is 5.85. The van der Waals surface area contributed by atoms with Crippen molar-refractivity contribution < 1.29 is 9.53 Å². The first-order valence-corrected chi connectivity index (χ1v) is 6.21. The van der Waals surface area contributed by atoms with Crippen molar-refractivity contribution in [3.8, 4) is 0 Å². The molecule has 100 valence electrons. The number of hydrogen-bond donors (Lipinski definition) is 0. The Hall–Kier alpha value is -1.42. The van der Waals surface area contributed by atoms with Crippen LogP contribution in [0.1, 0.15) is 19.5 Å². The number of carbonyl (C=O) groups is 1. The van der Waals surface area contributed by atoms with E-state index < -0.39 is 0 Å². The van der Waals surface area contributed by atoms with Crippen molar-refractivity contribution in [1.82, 2.24) is 9.88 Å². The Morgan fingerprint density at radius 2 is 2.17 bits per heavy atom. The maximum absolute atomic E-state index is 11.7. The Morgan fingerprint density at radius 1 is 1.44 bits per heavy atom. The third-order valence-electron chi connectivity index (χ3n) is 2.98. The van der Waals surface area contributed by atoms with Gasteiger partial charge in [0.2, 0.25) is 0 Å². The summed E-state index contributed by atoms with van der Waals surface area (Å²) in [5.41, 5.74) is 1.01. The molecule has 1 aromatic rings. The number of carbonyl (C=O) groups excluding carboxylic acids is 1. The molecule has 0 saturated heterocycles. The lowest BCUT2D eigenvalue weighted by Gasteiger charge is -2.24. The smallest absolute Gasteiger partial charge is 0.310 e. The first-order chi connectivity index (χ1) is 8.54. The zero-order chi connectivity index (χ0) is 13.5. The zero-order valence-corrected chi connectivity index (χ0v) is 11.6. The van der Waals surface area contributed by atoms with Crippen LogP contribution < -0.4 is 0 Å². The molecule has 4 nitrogen and oxygen atoms in total. The molecular formula is C14H22N2O2. The molecule has 0 aliphatic rings. The first kappa shape index (κ1) is 14.6. The fraction of sp³-hybridized carbons (Fsp3) is 0.571. The summed E-state index contributed by atoms with van der Waals surface area (Å²) in [5, 5.41) is 0. The molecule has 0 amide bonds. The van der Waals surface area contributed by atoms with Gasteiger partial charge in [-0.3, -0.25) is 14.7 Å². The lowest BCUT2D eigenvalue weighted by Crippen LogP contribution is -2.34. The van der Waals surface area contributed by atoms with E-state index in [1.54, 1.807) is 6.20 Å². The van der Waals surface area contributed by atoms with Crippen molar-refractivity contribution in [1.29, 1.82) is 0 Å².